The van der Waals surface area contributed by atoms with Crippen LogP contribution in [0.1, 0.15) is 40.0 Å². The van der Waals surface area contributed by atoms with Crippen molar-refractivity contribution in [1.29, 1.82) is 0 Å². The zero-order valence-electron chi connectivity index (χ0n) is 19.2. The van der Waals surface area contributed by atoms with Crippen molar-refractivity contribution in [3.8, 4) is 0 Å². The molecule has 1 atom stereocenters. The van der Waals surface area contributed by atoms with E-state index in [1.165, 1.54) is 0 Å². The number of ether oxygens (including phenoxy) is 5. The monoisotopic (exact) mass is 472 g/mol. The van der Waals surface area contributed by atoms with Crippen molar-refractivity contribution in [2.75, 3.05) is 26.3 Å². The van der Waals surface area contributed by atoms with Crippen molar-refractivity contribution < 1.29 is 47.7 Å². The number of amides is 2. The molecular formula is C21H32N2O10. The predicted octanol–water partition coefficient (Wildman–Crippen LogP) is 1.94. The number of hydrogen-bond donors (Lipinski definition) is 2. The maximum atomic E-state index is 12.2. The Morgan fingerprint density at radius 3 is 1.82 bits per heavy atom. The van der Waals surface area contributed by atoms with Crippen LogP contribution in [-0.2, 0) is 38.1 Å². The van der Waals surface area contributed by atoms with E-state index in [0.717, 1.165) is 12.5 Å². The Kier molecular flexibility index (Phi) is 14.4. The third kappa shape index (κ3) is 14.2. The summed E-state index contributed by atoms with van der Waals surface area (Å²) < 4.78 is 24.3. The van der Waals surface area contributed by atoms with Crippen LogP contribution in [0.3, 0.4) is 0 Å². The van der Waals surface area contributed by atoms with Gasteiger partial charge in [-0.15, -0.1) is 0 Å². The molecule has 0 saturated carbocycles. The Bertz CT molecular complexity index is 705. The lowest BCUT2D eigenvalue weighted by Gasteiger charge is -2.23. The van der Waals surface area contributed by atoms with Crippen molar-refractivity contribution in [2.24, 2.45) is 5.41 Å². The summed E-state index contributed by atoms with van der Waals surface area (Å²) in [6, 6.07) is 0. The average Bonchev–Trinajstić information content (AvgIpc) is 2.75. The highest BCUT2D eigenvalue weighted by Crippen LogP contribution is 2.21. The van der Waals surface area contributed by atoms with Crippen LogP contribution in [0.5, 0.6) is 0 Å². The molecule has 0 fully saturated rings. The first-order valence-electron chi connectivity index (χ1n) is 10.2. The van der Waals surface area contributed by atoms with Gasteiger partial charge < -0.3 is 34.3 Å². The number of alkyl carbamates (subject to hydrolysis) is 2. The second-order valence-corrected chi connectivity index (χ2v) is 7.13. The second-order valence-electron chi connectivity index (χ2n) is 7.13. The molecule has 0 heterocycles. The summed E-state index contributed by atoms with van der Waals surface area (Å²) in [5, 5.41) is 4.64. The van der Waals surface area contributed by atoms with Crippen LogP contribution in [0, 0.1) is 5.41 Å². The molecule has 0 bridgehead atoms. The summed E-state index contributed by atoms with van der Waals surface area (Å²) >= 11 is 0. The van der Waals surface area contributed by atoms with Crippen LogP contribution >= 0.6 is 0 Å². The quantitative estimate of drug-likeness (QED) is 0.205. The molecular weight excluding hydrogens is 440 g/mol. The first kappa shape index (κ1) is 29.4. The zero-order chi connectivity index (χ0) is 25.3. The van der Waals surface area contributed by atoms with Gasteiger partial charge in [0.05, 0.1) is 30.8 Å². The molecule has 0 radical (unpaired) electrons. The lowest BCUT2D eigenvalue weighted by molar-refractivity contribution is -0.157. The molecule has 1 unspecified atom stereocenters. The maximum Gasteiger partial charge on any atom is 0.407 e. The van der Waals surface area contributed by atoms with Gasteiger partial charge in [0.2, 0.25) is 0 Å². The fourth-order valence-corrected chi connectivity index (χ4v) is 1.87. The van der Waals surface area contributed by atoms with E-state index in [1.807, 2.05) is 6.92 Å². The Morgan fingerprint density at radius 2 is 1.33 bits per heavy atom. The van der Waals surface area contributed by atoms with E-state index in [4.69, 9.17) is 14.2 Å². The standard InChI is InChI=1S/C21H32N2O10/c1-6-21(4,5)18(26)31-13-15(33-20(28)23-12-10-17(25)30-8-3)14-32-19(27)22-11-9-16(24)29-7-2/h7-8,15H,2-3,6,9-14H2,1,4-5H3,(H,22,27)(H,23,28). The van der Waals surface area contributed by atoms with E-state index in [0.29, 0.717) is 6.42 Å². The van der Waals surface area contributed by atoms with E-state index in [-0.39, 0.29) is 32.5 Å². The normalized spacial score (nSPS) is 11.2. The van der Waals surface area contributed by atoms with Crippen molar-refractivity contribution in [3.63, 3.8) is 0 Å². The second kappa shape index (κ2) is 16.1. The molecule has 0 aliphatic carbocycles. The van der Waals surface area contributed by atoms with E-state index in [2.05, 4.69) is 33.3 Å². The molecule has 0 saturated heterocycles. The molecule has 2 N–H and O–H groups in total. The molecule has 0 aliphatic heterocycles. The highest BCUT2D eigenvalue weighted by molar-refractivity contribution is 5.76. The molecule has 0 aromatic carbocycles. The van der Waals surface area contributed by atoms with E-state index in [9.17, 15) is 24.0 Å². The lowest BCUT2D eigenvalue weighted by atomic mass is 9.91. The highest BCUT2D eigenvalue weighted by atomic mass is 16.6. The van der Waals surface area contributed by atoms with Gasteiger partial charge >= 0.3 is 30.1 Å². The first-order chi connectivity index (χ1) is 15.5. The number of carbonyl (C=O) groups is 5. The Balaban J connectivity index is 4.71. The Labute approximate surface area is 192 Å². The third-order valence-corrected chi connectivity index (χ3v) is 4.14. The number of nitrogens with one attached hydrogen (secondary N) is 2. The van der Waals surface area contributed by atoms with E-state index in [1.54, 1.807) is 13.8 Å². The number of rotatable bonds is 15. The summed E-state index contributed by atoms with van der Waals surface area (Å²) in [4.78, 5) is 58.4. The molecule has 186 valence electrons. The zero-order valence-corrected chi connectivity index (χ0v) is 19.2. The fraction of sp³-hybridized carbons (Fsp3) is 0.571. The van der Waals surface area contributed by atoms with Gasteiger partial charge in [0.1, 0.15) is 13.2 Å². The fourth-order valence-electron chi connectivity index (χ4n) is 1.87. The van der Waals surface area contributed by atoms with Gasteiger partial charge in [-0.05, 0) is 20.3 Å². The third-order valence-electron chi connectivity index (χ3n) is 4.14. The summed E-state index contributed by atoms with van der Waals surface area (Å²) in [5.41, 5.74) is -0.753. The summed E-state index contributed by atoms with van der Waals surface area (Å²) in [6.07, 6.45) is -0.717. The molecule has 0 spiro atoms. The van der Waals surface area contributed by atoms with Crippen LogP contribution in [0.15, 0.2) is 25.7 Å². The smallest absolute Gasteiger partial charge is 0.407 e. The predicted molar refractivity (Wildman–Crippen MR) is 114 cm³/mol. The van der Waals surface area contributed by atoms with Gasteiger partial charge in [0, 0.05) is 13.1 Å². The molecule has 0 aromatic heterocycles. The van der Waals surface area contributed by atoms with Crippen molar-refractivity contribution >= 4 is 30.1 Å². The van der Waals surface area contributed by atoms with Crippen molar-refractivity contribution in [2.45, 2.75) is 46.1 Å². The van der Waals surface area contributed by atoms with Gasteiger partial charge in [0.25, 0.3) is 0 Å². The Hall–Kier alpha value is -3.57. The van der Waals surface area contributed by atoms with Crippen LogP contribution in [0.4, 0.5) is 9.59 Å². The number of esters is 3. The summed E-state index contributed by atoms with van der Waals surface area (Å²) in [5.74, 6) is -1.71. The SMILES string of the molecule is C=COC(=O)CCNC(=O)OCC(COC(=O)C(C)(C)CC)OC(=O)NCCC(=O)OC=C. The molecule has 33 heavy (non-hydrogen) atoms. The van der Waals surface area contributed by atoms with E-state index >= 15 is 0 Å². The van der Waals surface area contributed by atoms with Crippen molar-refractivity contribution in [3.05, 3.63) is 25.7 Å². The van der Waals surface area contributed by atoms with Gasteiger partial charge in [-0.2, -0.15) is 0 Å². The van der Waals surface area contributed by atoms with Crippen LogP contribution in [0.2, 0.25) is 0 Å². The minimum absolute atomic E-state index is 0.0575. The van der Waals surface area contributed by atoms with Crippen molar-refractivity contribution in [1.82, 2.24) is 10.6 Å². The number of hydrogen-bond acceptors (Lipinski definition) is 10. The highest BCUT2D eigenvalue weighted by Gasteiger charge is 2.29. The summed E-state index contributed by atoms with van der Waals surface area (Å²) in [7, 11) is 0. The van der Waals surface area contributed by atoms with Crippen LogP contribution < -0.4 is 10.6 Å². The number of carbonyl (C=O) groups excluding carboxylic acids is 5. The van der Waals surface area contributed by atoms with Gasteiger partial charge in [-0.1, -0.05) is 20.1 Å². The largest absolute Gasteiger partial charge is 0.461 e. The van der Waals surface area contributed by atoms with Gasteiger partial charge in [-0.25, -0.2) is 9.59 Å². The molecule has 0 rings (SSSR count). The molecule has 2 amide bonds. The minimum atomic E-state index is -1.13. The molecule has 12 nitrogen and oxygen atoms in total. The molecule has 0 aromatic rings. The first-order valence-corrected chi connectivity index (χ1v) is 10.2. The molecule has 0 aliphatic rings. The van der Waals surface area contributed by atoms with Gasteiger partial charge in [0.15, 0.2) is 6.10 Å². The van der Waals surface area contributed by atoms with Crippen LogP contribution in [0.25, 0.3) is 0 Å². The average molecular weight is 472 g/mol. The maximum absolute atomic E-state index is 12.2. The minimum Gasteiger partial charge on any atom is -0.461 e. The topological polar surface area (TPSA) is 156 Å². The summed E-state index contributed by atoms with van der Waals surface area (Å²) in [6.45, 7) is 10.7. The lowest BCUT2D eigenvalue weighted by Crippen LogP contribution is -2.38. The van der Waals surface area contributed by atoms with Gasteiger partial charge in [-0.3, -0.25) is 14.4 Å². The van der Waals surface area contributed by atoms with Crippen LogP contribution in [-0.4, -0.2) is 62.5 Å². The molecule has 12 heteroatoms. The Morgan fingerprint density at radius 1 is 0.848 bits per heavy atom. The van der Waals surface area contributed by atoms with E-state index < -0.39 is 48.2 Å².